The summed E-state index contributed by atoms with van der Waals surface area (Å²) >= 11 is 3.13. The number of hydrogen-bond acceptors (Lipinski definition) is 2. The van der Waals surface area contributed by atoms with E-state index in [1.54, 1.807) is 12.1 Å². The summed E-state index contributed by atoms with van der Waals surface area (Å²) in [7, 11) is 0. The van der Waals surface area contributed by atoms with Gasteiger partial charge < -0.3 is 10.4 Å². The Labute approximate surface area is 110 Å². The Morgan fingerprint density at radius 3 is 2.59 bits per heavy atom. The molecule has 0 aliphatic heterocycles. The second kappa shape index (κ2) is 5.94. The fourth-order valence-corrected chi connectivity index (χ4v) is 1.86. The summed E-state index contributed by atoms with van der Waals surface area (Å²) in [5.41, 5.74) is 0.908. The minimum Gasteiger partial charge on any atom is -0.391 e. The second-order valence-corrected chi connectivity index (χ2v) is 6.09. The van der Waals surface area contributed by atoms with Crippen LogP contribution in [0.25, 0.3) is 0 Å². The highest BCUT2D eigenvalue weighted by Crippen LogP contribution is 2.17. The SMILES string of the molecule is CC(C)(C)NCC(O)Cc1ccc(F)c(Br)c1. The zero-order chi connectivity index (χ0) is 13.1. The van der Waals surface area contributed by atoms with Crippen LogP contribution < -0.4 is 5.32 Å². The molecule has 2 nitrogen and oxygen atoms in total. The maximum absolute atomic E-state index is 13.0. The molecule has 17 heavy (non-hydrogen) atoms. The van der Waals surface area contributed by atoms with Gasteiger partial charge in [0.1, 0.15) is 5.82 Å². The maximum Gasteiger partial charge on any atom is 0.137 e. The van der Waals surface area contributed by atoms with Crippen molar-refractivity contribution < 1.29 is 9.50 Å². The van der Waals surface area contributed by atoms with Crippen LogP contribution in [-0.2, 0) is 6.42 Å². The number of β-amino-alcohol motifs (C(OH)–C–C–N with tert-alkyl or cyclic N) is 1. The molecule has 1 aromatic rings. The van der Waals surface area contributed by atoms with Crippen molar-refractivity contribution in [3.63, 3.8) is 0 Å². The number of aliphatic hydroxyl groups excluding tert-OH is 1. The lowest BCUT2D eigenvalue weighted by Crippen LogP contribution is -2.41. The number of nitrogens with one attached hydrogen (secondary N) is 1. The minimum atomic E-state index is -0.466. The molecule has 0 radical (unpaired) electrons. The van der Waals surface area contributed by atoms with E-state index in [-0.39, 0.29) is 11.4 Å². The van der Waals surface area contributed by atoms with Crippen molar-refractivity contribution in [1.82, 2.24) is 5.32 Å². The van der Waals surface area contributed by atoms with Crippen LogP contribution in [0.15, 0.2) is 22.7 Å². The first kappa shape index (κ1) is 14.6. The molecule has 0 aliphatic rings. The van der Waals surface area contributed by atoms with Crippen molar-refractivity contribution >= 4 is 15.9 Å². The Balaban J connectivity index is 2.50. The van der Waals surface area contributed by atoms with Gasteiger partial charge in [0.05, 0.1) is 10.6 Å². The lowest BCUT2D eigenvalue weighted by molar-refractivity contribution is 0.161. The molecule has 1 rings (SSSR count). The number of hydrogen-bond donors (Lipinski definition) is 2. The van der Waals surface area contributed by atoms with Gasteiger partial charge in [0.2, 0.25) is 0 Å². The third kappa shape index (κ3) is 5.61. The van der Waals surface area contributed by atoms with Crippen molar-refractivity contribution in [2.45, 2.75) is 38.8 Å². The van der Waals surface area contributed by atoms with Crippen LogP contribution in [0.1, 0.15) is 26.3 Å². The minimum absolute atomic E-state index is 0.00956. The van der Waals surface area contributed by atoms with Crippen LogP contribution in [0.2, 0.25) is 0 Å². The molecule has 0 bridgehead atoms. The monoisotopic (exact) mass is 303 g/mol. The van der Waals surface area contributed by atoms with Crippen molar-refractivity contribution in [2.75, 3.05) is 6.54 Å². The first-order valence-corrected chi connectivity index (χ1v) is 6.44. The molecule has 0 heterocycles. The van der Waals surface area contributed by atoms with Crippen LogP contribution in [0.3, 0.4) is 0 Å². The molecule has 0 amide bonds. The average Bonchev–Trinajstić information content (AvgIpc) is 2.20. The van der Waals surface area contributed by atoms with Gasteiger partial charge in [-0.1, -0.05) is 6.07 Å². The summed E-state index contributed by atoms with van der Waals surface area (Å²) in [6, 6.07) is 4.80. The van der Waals surface area contributed by atoms with E-state index < -0.39 is 6.10 Å². The zero-order valence-electron chi connectivity index (χ0n) is 10.4. The van der Waals surface area contributed by atoms with E-state index in [1.165, 1.54) is 6.07 Å². The molecular formula is C13H19BrFNO. The molecule has 1 aromatic carbocycles. The molecule has 1 unspecified atom stereocenters. The fourth-order valence-electron chi connectivity index (χ4n) is 1.43. The lowest BCUT2D eigenvalue weighted by atomic mass is 10.1. The standard InChI is InChI=1S/C13H19BrFNO/c1-13(2,3)16-8-10(17)6-9-4-5-12(15)11(14)7-9/h4-5,7,10,16-17H,6,8H2,1-3H3. The van der Waals surface area contributed by atoms with Gasteiger partial charge in [-0.3, -0.25) is 0 Å². The first-order chi connectivity index (χ1) is 7.78. The van der Waals surface area contributed by atoms with Crippen molar-refractivity contribution in [2.24, 2.45) is 0 Å². The molecule has 0 spiro atoms. The molecule has 0 fully saturated rings. The van der Waals surface area contributed by atoms with Crippen LogP contribution in [0.5, 0.6) is 0 Å². The highest BCUT2D eigenvalue weighted by molar-refractivity contribution is 9.10. The molecule has 2 N–H and O–H groups in total. The number of aliphatic hydroxyl groups is 1. The van der Waals surface area contributed by atoms with E-state index in [2.05, 4.69) is 21.2 Å². The largest absolute Gasteiger partial charge is 0.391 e. The third-order valence-corrected chi connectivity index (χ3v) is 2.93. The molecule has 0 saturated heterocycles. The molecule has 96 valence electrons. The van der Waals surface area contributed by atoms with E-state index in [0.29, 0.717) is 17.4 Å². The van der Waals surface area contributed by atoms with Gasteiger partial charge in [0.25, 0.3) is 0 Å². The first-order valence-electron chi connectivity index (χ1n) is 5.65. The molecule has 0 aromatic heterocycles. The summed E-state index contributed by atoms with van der Waals surface area (Å²) in [4.78, 5) is 0. The van der Waals surface area contributed by atoms with Gasteiger partial charge >= 0.3 is 0 Å². The fraction of sp³-hybridized carbons (Fsp3) is 0.538. The van der Waals surface area contributed by atoms with Gasteiger partial charge in [-0.05, 0) is 60.8 Å². The molecule has 1 atom stereocenters. The smallest absolute Gasteiger partial charge is 0.137 e. The Kier molecular flexibility index (Phi) is 5.10. The van der Waals surface area contributed by atoms with Crippen LogP contribution >= 0.6 is 15.9 Å². The summed E-state index contributed by atoms with van der Waals surface area (Å²) < 4.78 is 13.5. The normalized spacial score (nSPS) is 13.8. The predicted molar refractivity (Wildman–Crippen MR) is 71.6 cm³/mol. The van der Waals surface area contributed by atoms with Gasteiger partial charge in [0, 0.05) is 12.1 Å². The molecule has 0 saturated carbocycles. The van der Waals surface area contributed by atoms with Gasteiger partial charge in [-0.15, -0.1) is 0 Å². The third-order valence-electron chi connectivity index (χ3n) is 2.32. The number of benzene rings is 1. The van der Waals surface area contributed by atoms with Gasteiger partial charge in [0.15, 0.2) is 0 Å². The Bertz CT molecular complexity index is 376. The van der Waals surface area contributed by atoms with E-state index in [0.717, 1.165) is 5.56 Å². The zero-order valence-corrected chi connectivity index (χ0v) is 12.0. The van der Waals surface area contributed by atoms with Crippen LogP contribution in [-0.4, -0.2) is 23.3 Å². The predicted octanol–water partition coefficient (Wildman–Crippen LogP) is 2.88. The van der Waals surface area contributed by atoms with E-state index >= 15 is 0 Å². The van der Waals surface area contributed by atoms with Crippen molar-refractivity contribution in [3.8, 4) is 0 Å². The molecule has 0 aliphatic carbocycles. The summed E-state index contributed by atoms with van der Waals surface area (Å²) in [6.07, 6.45) is 0.0497. The van der Waals surface area contributed by atoms with Crippen LogP contribution in [0.4, 0.5) is 4.39 Å². The quantitative estimate of drug-likeness (QED) is 0.896. The number of rotatable bonds is 4. The summed E-state index contributed by atoms with van der Waals surface area (Å²) in [6.45, 7) is 6.68. The highest BCUT2D eigenvalue weighted by atomic mass is 79.9. The Morgan fingerprint density at radius 1 is 1.41 bits per heavy atom. The van der Waals surface area contributed by atoms with Gasteiger partial charge in [-0.2, -0.15) is 0 Å². The second-order valence-electron chi connectivity index (χ2n) is 5.24. The molecular weight excluding hydrogens is 285 g/mol. The van der Waals surface area contributed by atoms with Crippen molar-refractivity contribution in [1.29, 1.82) is 0 Å². The topological polar surface area (TPSA) is 32.3 Å². The van der Waals surface area contributed by atoms with Gasteiger partial charge in [-0.25, -0.2) is 4.39 Å². The number of halogens is 2. The Morgan fingerprint density at radius 2 is 2.06 bits per heavy atom. The van der Waals surface area contributed by atoms with Crippen molar-refractivity contribution in [3.05, 3.63) is 34.1 Å². The van der Waals surface area contributed by atoms with E-state index in [1.807, 2.05) is 20.8 Å². The average molecular weight is 304 g/mol. The summed E-state index contributed by atoms with van der Waals surface area (Å²) in [5.74, 6) is -0.281. The maximum atomic E-state index is 13.0. The van der Waals surface area contributed by atoms with E-state index in [4.69, 9.17) is 0 Å². The lowest BCUT2D eigenvalue weighted by Gasteiger charge is -2.23. The van der Waals surface area contributed by atoms with Crippen LogP contribution in [0, 0.1) is 5.82 Å². The Hall–Kier alpha value is -0.450. The van der Waals surface area contributed by atoms with E-state index in [9.17, 15) is 9.50 Å². The molecule has 4 heteroatoms. The highest BCUT2D eigenvalue weighted by Gasteiger charge is 2.13. The summed E-state index contributed by atoms with van der Waals surface area (Å²) in [5, 5.41) is 13.1.